The maximum atomic E-state index is 4.38. The number of likely N-dealkylation sites (tertiary alicyclic amines) is 1. The molecule has 4 nitrogen and oxygen atoms in total. The highest BCUT2D eigenvalue weighted by molar-refractivity contribution is 14.0. The summed E-state index contributed by atoms with van der Waals surface area (Å²) in [4.78, 5) is 9.61. The molecule has 0 radical (unpaired) electrons. The van der Waals surface area contributed by atoms with Crippen LogP contribution in [0, 0.1) is 6.92 Å². The highest BCUT2D eigenvalue weighted by Crippen LogP contribution is 2.17. The first-order valence-corrected chi connectivity index (χ1v) is 10.7. The summed E-state index contributed by atoms with van der Waals surface area (Å²) in [6.07, 6.45) is 2.30. The number of hydrogen-bond acceptors (Lipinski definition) is 3. The van der Waals surface area contributed by atoms with Crippen molar-refractivity contribution in [3.05, 3.63) is 56.2 Å². The fraction of sp³-hybridized carbons (Fsp3) is 0.450. The predicted octanol–water partition coefficient (Wildman–Crippen LogP) is 4.77. The van der Waals surface area contributed by atoms with E-state index in [9.17, 15) is 0 Å². The lowest BCUT2D eigenvalue weighted by Crippen LogP contribution is -2.48. The standard InChI is InChI=1S/C20H27BrN4S.HI/c1-15-3-8-19(26-15)13-23-20(22-2)24-18-9-11-25(12-10-18)14-16-4-6-17(21)7-5-16;/h3-8,18H,9-14H2,1-2H3,(H2,22,23,24);1H. The molecule has 1 aromatic carbocycles. The molecule has 0 unspecified atom stereocenters. The molecule has 7 heteroatoms. The summed E-state index contributed by atoms with van der Waals surface area (Å²) < 4.78 is 1.14. The number of aliphatic imine (C=N–C) groups is 1. The van der Waals surface area contributed by atoms with Crippen LogP contribution in [0.4, 0.5) is 0 Å². The Bertz CT molecular complexity index is 724. The van der Waals surface area contributed by atoms with Crippen LogP contribution in [0.15, 0.2) is 45.9 Å². The third-order valence-electron chi connectivity index (χ3n) is 4.70. The van der Waals surface area contributed by atoms with Crippen molar-refractivity contribution < 1.29 is 0 Å². The molecule has 3 rings (SSSR count). The van der Waals surface area contributed by atoms with E-state index in [1.807, 2.05) is 18.4 Å². The van der Waals surface area contributed by atoms with Gasteiger partial charge in [0.25, 0.3) is 0 Å². The lowest BCUT2D eigenvalue weighted by atomic mass is 10.0. The molecule has 27 heavy (non-hydrogen) atoms. The summed E-state index contributed by atoms with van der Waals surface area (Å²) in [5, 5.41) is 7.02. The van der Waals surface area contributed by atoms with E-state index >= 15 is 0 Å². The fourth-order valence-electron chi connectivity index (χ4n) is 3.22. The van der Waals surface area contributed by atoms with Crippen LogP contribution in [0.3, 0.4) is 0 Å². The van der Waals surface area contributed by atoms with Crippen LogP contribution in [0.25, 0.3) is 0 Å². The van der Waals surface area contributed by atoms with Crippen LogP contribution in [-0.4, -0.2) is 37.0 Å². The van der Waals surface area contributed by atoms with Crippen molar-refractivity contribution in [1.82, 2.24) is 15.5 Å². The average Bonchev–Trinajstić information content (AvgIpc) is 3.07. The molecule has 2 heterocycles. The Kier molecular flexibility index (Phi) is 9.55. The normalized spacial score (nSPS) is 16.0. The molecule has 0 aliphatic carbocycles. The molecule has 0 atom stereocenters. The first-order chi connectivity index (χ1) is 12.6. The maximum absolute atomic E-state index is 4.38. The molecule has 1 aliphatic heterocycles. The van der Waals surface area contributed by atoms with E-state index in [2.05, 4.69) is 79.8 Å². The van der Waals surface area contributed by atoms with Crippen LogP contribution < -0.4 is 10.6 Å². The van der Waals surface area contributed by atoms with Gasteiger partial charge in [0.1, 0.15) is 0 Å². The summed E-state index contributed by atoms with van der Waals surface area (Å²) in [6.45, 7) is 6.25. The van der Waals surface area contributed by atoms with Crippen LogP contribution in [0.5, 0.6) is 0 Å². The minimum Gasteiger partial charge on any atom is -0.354 e. The van der Waals surface area contributed by atoms with Gasteiger partial charge in [0.15, 0.2) is 5.96 Å². The number of hydrogen-bond donors (Lipinski definition) is 2. The molecule has 1 aliphatic rings. The van der Waals surface area contributed by atoms with E-state index < -0.39 is 0 Å². The van der Waals surface area contributed by atoms with Crippen molar-refractivity contribution in [2.45, 2.75) is 38.9 Å². The Morgan fingerprint density at radius 2 is 1.89 bits per heavy atom. The Balaban J connectivity index is 0.00000261. The molecule has 0 bridgehead atoms. The molecule has 2 aromatic rings. The van der Waals surface area contributed by atoms with E-state index in [0.29, 0.717) is 6.04 Å². The van der Waals surface area contributed by atoms with Crippen LogP contribution in [-0.2, 0) is 13.1 Å². The zero-order valence-corrected chi connectivity index (χ0v) is 20.6. The van der Waals surface area contributed by atoms with Gasteiger partial charge in [0.05, 0.1) is 6.54 Å². The molecule has 1 saturated heterocycles. The molecule has 0 amide bonds. The van der Waals surface area contributed by atoms with Crippen LogP contribution in [0.1, 0.15) is 28.2 Å². The number of rotatable bonds is 5. The van der Waals surface area contributed by atoms with E-state index in [1.54, 1.807) is 0 Å². The molecule has 0 saturated carbocycles. The Hall–Kier alpha value is -0.640. The number of nitrogens with zero attached hydrogens (tertiary/aromatic N) is 2. The van der Waals surface area contributed by atoms with E-state index in [0.717, 1.165) is 49.5 Å². The van der Waals surface area contributed by atoms with Gasteiger partial charge in [0.2, 0.25) is 0 Å². The molecular formula is C20H28BrIN4S. The van der Waals surface area contributed by atoms with Gasteiger partial charge in [-0.15, -0.1) is 35.3 Å². The zero-order chi connectivity index (χ0) is 18.4. The Labute approximate surface area is 192 Å². The number of benzene rings is 1. The number of guanidine groups is 1. The lowest BCUT2D eigenvalue weighted by molar-refractivity contribution is 0.198. The van der Waals surface area contributed by atoms with Crippen molar-refractivity contribution >= 4 is 57.2 Å². The largest absolute Gasteiger partial charge is 0.354 e. The third-order valence-corrected chi connectivity index (χ3v) is 6.23. The van der Waals surface area contributed by atoms with Crippen molar-refractivity contribution in [2.75, 3.05) is 20.1 Å². The number of piperidine rings is 1. The Morgan fingerprint density at radius 1 is 1.19 bits per heavy atom. The van der Waals surface area contributed by atoms with Crippen LogP contribution >= 0.6 is 51.2 Å². The first-order valence-electron chi connectivity index (χ1n) is 9.11. The second-order valence-corrected chi connectivity index (χ2v) is 9.05. The number of halogens is 2. The smallest absolute Gasteiger partial charge is 0.191 e. The fourth-order valence-corrected chi connectivity index (χ4v) is 4.32. The highest BCUT2D eigenvalue weighted by atomic mass is 127. The van der Waals surface area contributed by atoms with E-state index in [4.69, 9.17) is 0 Å². The molecule has 2 N–H and O–H groups in total. The maximum Gasteiger partial charge on any atom is 0.191 e. The third kappa shape index (κ3) is 7.36. The van der Waals surface area contributed by atoms with Crippen molar-refractivity contribution in [2.24, 2.45) is 4.99 Å². The second kappa shape index (κ2) is 11.4. The van der Waals surface area contributed by atoms with Gasteiger partial charge < -0.3 is 10.6 Å². The van der Waals surface area contributed by atoms with Gasteiger partial charge >= 0.3 is 0 Å². The molecule has 0 spiro atoms. The zero-order valence-electron chi connectivity index (χ0n) is 15.9. The number of nitrogens with one attached hydrogen (secondary N) is 2. The monoisotopic (exact) mass is 562 g/mol. The highest BCUT2D eigenvalue weighted by Gasteiger charge is 2.20. The quantitative estimate of drug-likeness (QED) is 0.313. The number of thiophene rings is 1. The first kappa shape index (κ1) is 22.6. The van der Waals surface area contributed by atoms with Gasteiger partial charge in [-0.3, -0.25) is 9.89 Å². The number of aryl methyl sites for hydroxylation is 1. The van der Waals surface area contributed by atoms with Crippen molar-refractivity contribution in [3.8, 4) is 0 Å². The van der Waals surface area contributed by atoms with Gasteiger partial charge in [-0.25, -0.2) is 0 Å². The second-order valence-electron chi connectivity index (χ2n) is 6.76. The van der Waals surface area contributed by atoms with Gasteiger partial charge in [-0.1, -0.05) is 28.1 Å². The minimum atomic E-state index is 0. The Morgan fingerprint density at radius 3 is 2.48 bits per heavy atom. The predicted molar refractivity (Wildman–Crippen MR) is 130 cm³/mol. The molecule has 1 aromatic heterocycles. The van der Waals surface area contributed by atoms with E-state index in [1.165, 1.54) is 15.3 Å². The minimum absolute atomic E-state index is 0. The van der Waals surface area contributed by atoms with Crippen LogP contribution in [0.2, 0.25) is 0 Å². The summed E-state index contributed by atoms with van der Waals surface area (Å²) >= 11 is 5.33. The molecular weight excluding hydrogens is 535 g/mol. The molecule has 1 fully saturated rings. The summed E-state index contributed by atoms with van der Waals surface area (Å²) in [5.74, 6) is 0.905. The van der Waals surface area contributed by atoms with Crippen molar-refractivity contribution in [1.29, 1.82) is 0 Å². The molecule has 148 valence electrons. The SMILES string of the molecule is CN=C(NCc1ccc(C)s1)NC1CCN(Cc2ccc(Br)cc2)CC1.I. The van der Waals surface area contributed by atoms with Gasteiger partial charge in [-0.2, -0.15) is 0 Å². The summed E-state index contributed by atoms with van der Waals surface area (Å²) in [5.41, 5.74) is 1.38. The van der Waals surface area contributed by atoms with E-state index in [-0.39, 0.29) is 24.0 Å². The van der Waals surface area contributed by atoms with Crippen molar-refractivity contribution in [3.63, 3.8) is 0 Å². The lowest BCUT2D eigenvalue weighted by Gasteiger charge is -2.33. The van der Waals surface area contributed by atoms with Gasteiger partial charge in [0, 0.05) is 47.0 Å². The van der Waals surface area contributed by atoms with Gasteiger partial charge in [-0.05, 0) is 49.6 Å². The average molecular weight is 563 g/mol. The summed E-state index contributed by atoms with van der Waals surface area (Å²) in [7, 11) is 1.84. The summed E-state index contributed by atoms with van der Waals surface area (Å²) in [6, 6.07) is 13.5. The topological polar surface area (TPSA) is 39.7 Å².